The van der Waals surface area contributed by atoms with E-state index in [9.17, 15) is 0 Å². The van der Waals surface area contributed by atoms with Gasteiger partial charge in [-0.15, -0.1) is 6.58 Å². The highest BCUT2D eigenvalue weighted by atomic mass is 35.5. The van der Waals surface area contributed by atoms with Crippen LogP contribution < -0.4 is 14.8 Å². The SMILES string of the molecule is C=CCNCc1cc(Cl)c(OCc2ccccc2Cl)c(OCC)c1. The molecule has 3 nitrogen and oxygen atoms in total. The largest absolute Gasteiger partial charge is 0.490 e. The maximum Gasteiger partial charge on any atom is 0.180 e. The summed E-state index contributed by atoms with van der Waals surface area (Å²) in [5.41, 5.74) is 1.92. The average molecular weight is 366 g/mol. The highest BCUT2D eigenvalue weighted by molar-refractivity contribution is 6.32. The lowest BCUT2D eigenvalue weighted by Gasteiger charge is -2.16. The molecule has 0 saturated carbocycles. The molecule has 0 aliphatic heterocycles. The Morgan fingerprint density at radius 2 is 1.92 bits per heavy atom. The van der Waals surface area contributed by atoms with Gasteiger partial charge in [-0.05, 0) is 30.7 Å². The molecule has 0 atom stereocenters. The number of halogens is 2. The van der Waals surface area contributed by atoms with E-state index in [1.54, 1.807) is 0 Å². The number of benzene rings is 2. The lowest BCUT2D eigenvalue weighted by Crippen LogP contribution is -2.13. The van der Waals surface area contributed by atoms with Crippen LogP contribution in [0.3, 0.4) is 0 Å². The van der Waals surface area contributed by atoms with Crippen LogP contribution in [0.2, 0.25) is 10.0 Å². The monoisotopic (exact) mass is 365 g/mol. The maximum atomic E-state index is 6.40. The van der Waals surface area contributed by atoms with E-state index in [0.29, 0.717) is 41.3 Å². The fourth-order valence-corrected chi connectivity index (χ4v) is 2.69. The fraction of sp³-hybridized carbons (Fsp3) is 0.263. The highest BCUT2D eigenvalue weighted by Crippen LogP contribution is 2.37. The summed E-state index contributed by atoms with van der Waals surface area (Å²) < 4.78 is 11.6. The first kappa shape index (κ1) is 18.7. The van der Waals surface area contributed by atoms with Crippen molar-refractivity contribution in [1.82, 2.24) is 5.32 Å². The maximum absolute atomic E-state index is 6.40. The smallest absolute Gasteiger partial charge is 0.180 e. The molecule has 0 bridgehead atoms. The summed E-state index contributed by atoms with van der Waals surface area (Å²) in [4.78, 5) is 0. The molecule has 0 heterocycles. The van der Waals surface area contributed by atoms with Crippen LogP contribution >= 0.6 is 23.2 Å². The van der Waals surface area contributed by atoms with E-state index in [2.05, 4.69) is 11.9 Å². The summed E-state index contributed by atoms with van der Waals surface area (Å²) in [6.45, 7) is 7.87. The Labute approximate surface area is 153 Å². The molecule has 2 aromatic carbocycles. The summed E-state index contributed by atoms with van der Waals surface area (Å²) in [5.74, 6) is 1.17. The van der Waals surface area contributed by atoms with Crippen LogP contribution in [-0.2, 0) is 13.2 Å². The van der Waals surface area contributed by atoms with Gasteiger partial charge in [0.25, 0.3) is 0 Å². The molecule has 0 fully saturated rings. The predicted molar refractivity (Wildman–Crippen MR) is 100 cm³/mol. The third kappa shape index (κ3) is 5.17. The molecular formula is C19H21Cl2NO2. The highest BCUT2D eigenvalue weighted by Gasteiger charge is 2.13. The molecule has 2 rings (SSSR count). The van der Waals surface area contributed by atoms with E-state index < -0.39 is 0 Å². The van der Waals surface area contributed by atoms with Crippen LogP contribution in [0.1, 0.15) is 18.1 Å². The molecule has 0 aliphatic carbocycles. The van der Waals surface area contributed by atoms with Crippen LogP contribution in [0.4, 0.5) is 0 Å². The van der Waals surface area contributed by atoms with Crippen molar-refractivity contribution in [3.63, 3.8) is 0 Å². The van der Waals surface area contributed by atoms with E-state index in [0.717, 1.165) is 17.7 Å². The molecule has 0 unspecified atom stereocenters. The summed E-state index contributed by atoms with van der Waals surface area (Å²) in [5, 5.41) is 4.42. The minimum absolute atomic E-state index is 0.327. The zero-order chi connectivity index (χ0) is 17.4. The summed E-state index contributed by atoms with van der Waals surface area (Å²) in [6.07, 6.45) is 1.81. The molecule has 128 valence electrons. The lowest BCUT2D eigenvalue weighted by atomic mass is 10.2. The summed E-state index contributed by atoms with van der Waals surface area (Å²) in [7, 11) is 0. The van der Waals surface area contributed by atoms with Crippen molar-refractivity contribution in [2.24, 2.45) is 0 Å². The number of hydrogen-bond acceptors (Lipinski definition) is 3. The first-order chi connectivity index (χ1) is 11.7. The van der Waals surface area contributed by atoms with Gasteiger partial charge < -0.3 is 14.8 Å². The molecular weight excluding hydrogens is 345 g/mol. The first-order valence-corrected chi connectivity index (χ1v) is 8.54. The minimum atomic E-state index is 0.327. The molecule has 0 aliphatic rings. The van der Waals surface area contributed by atoms with E-state index in [1.807, 2.05) is 49.4 Å². The van der Waals surface area contributed by atoms with Crippen molar-refractivity contribution in [1.29, 1.82) is 0 Å². The summed E-state index contributed by atoms with van der Waals surface area (Å²) in [6, 6.07) is 11.4. The van der Waals surface area contributed by atoms with Gasteiger partial charge in [-0.1, -0.05) is 47.5 Å². The van der Waals surface area contributed by atoms with Crippen LogP contribution in [0, 0.1) is 0 Å². The lowest BCUT2D eigenvalue weighted by molar-refractivity contribution is 0.269. The number of hydrogen-bond donors (Lipinski definition) is 1. The Kier molecular flexibility index (Phi) is 7.44. The van der Waals surface area contributed by atoms with E-state index >= 15 is 0 Å². The van der Waals surface area contributed by atoms with Crippen molar-refractivity contribution in [2.45, 2.75) is 20.1 Å². The van der Waals surface area contributed by atoms with Gasteiger partial charge in [0.15, 0.2) is 11.5 Å². The van der Waals surface area contributed by atoms with Crippen LogP contribution in [0.15, 0.2) is 49.1 Å². The Morgan fingerprint density at radius 1 is 1.12 bits per heavy atom. The molecule has 5 heteroatoms. The van der Waals surface area contributed by atoms with Crippen molar-refractivity contribution >= 4 is 23.2 Å². The second-order valence-corrected chi connectivity index (χ2v) is 5.95. The molecule has 0 aromatic heterocycles. The zero-order valence-electron chi connectivity index (χ0n) is 13.6. The second-order valence-electron chi connectivity index (χ2n) is 5.14. The Morgan fingerprint density at radius 3 is 2.62 bits per heavy atom. The molecule has 0 amide bonds. The number of ether oxygens (including phenoxy) is 2. The van der Waals surface area contributed by atoms with Crippen LogP contribution in [-0.4, -0.2) is 13.2 Å². The molecule has 2 aromatic rings. The minimum Gasteiger partial charge on any atom is -0.490 e. The third-order valence-corrected chi connectivity index (χ3v) is 3.97. The normalized spacial score (nSPS) is 10.5. The molecule has 24 heavy (non-hydrogen) atoms. The van der Waals surface area contributed by atoms with Gasteiger partial charge in [0.05, 0.1) is 11.6 Å². The molecule has 1 N–H and O–H groups in total. The quantitative estimate of drug-likeness (QED) is 0.486. The van der Waals surface area contributed by atoms with E-state index in [1.165, 1.54) is 0 Å². The summed E-state index contributed by atoms with van der Waals surface area (Å²) >= 11 is 12.6. The molecule has 0 saturated heterocycles. The zero-order valence-corrected chi connectivity index (χ0v) is 15.2. The fourth-order valence-electron chi connectivity index (χ4n) is 2.21. The van der Waals surface area contributed by atoms with Gasteiger partial charge >= 0.3 is 0 Å². The predicted octanol–water partition coefficient (Wildman–Crippen LogP) is 5.25. The van der Waals surface area contributed by atoms with Gasteiger partial charge in [-0.25, -0.2) is 0 Å². The Hall–Kier alpha value is -1.68. The average Bonchev–Trinajstić information content (AvgIpc) is 2.56. The van der Waals surface area contributed by atoms with Crippen molar-refractivity contribution in [3.8, 4) is 11.5 Å². The topological polar surface area (TPSA) is 30.5 Å². The van der Waals surface area contributed by atoms with Crippen LogP contribution in [0.25, 0.3) is 0 Å². The van der Waals surface area contributed by atoms with Gasteiger partial charge in [0, 0.05) is 23.7 Å². The van der Waals surface area contributed by atoms with Crippen molar-refractivity contribution in [3.05, 3.63) is 70.2 Å². The van der Waals surface area contributed by atoms with Gasteiger partial charge in [-0.3, -0.25) is 0 Å². The second kappa shape index (κ2) is 9.58. The van der Waals surface area contributed by atoms with Gasteiger partial charge in [0.2, 0.25) is 0 Å². The van der Waals surface area contributed by atoms with Crippen LogP contribution in [0.5, 0.6) is 11.5 Å². The van der Waals surface area contributed by atoms with Gasteiger partial charge in [-0.2, -0.15) is 0 Å². The van der Waals surface area contributed by atoms with Gasteiger partial charge in [0.1, 0.15) is 6.61 Å². The number of rotatable bonds is 9. The number of nitrogens with one attached hydrogen (secondary N) is 1. The molecule has 0 radical (unpaired) electrons. The van der Waals surface area contributed by atoms with Crippen molar-refractivity contribution in [2.75, 3.05) is 13.2 Å². The third-order valence-electron chi connectivity index (χ3n) is 3.32. The van der Waals surface area contributed by atoms with E-state index in [4.69, 9.17) is 32.7 Å². The Balaban J connectivity index is 2.18. The molecule has 0 spiro atoms. The van der Waals surface area contributed by atoms with E-state index in [-0.39, 0.29) is 0 Å². The first-order valence-electron chi connectivity index (χ1n) is 7.78. The standard InChI is InChI=1S/C19H21Cl2NO2/c1-3-9-22-12-14-10-17(21)19(18(11-14)23-4-2)24-13-15-7-5-6-8-16(15)20/h3,5-8,10-11,22H,1,4,9,12-13H2,2H3. The van der Waals surface area contributed by atoms with Crippen molar-refractivity contribution < 1.29 is 9.47 Å². The Bertz CT molecular complexity index is 689.